The van der Waals surface area contributed by atoms with Gasteiger partial charge in [-0.05, 0) is 78.9 Å². The van der Waals surface area contributed by atoms with Crippen molar-refractivity contribution in [2.24, 2.45) is 0 Å². The number of amides is 1. The van der Waals surface area contributed by atoms with E-state index in [-0.39, 0.29) is 22.9 Å². The summed E-state index contributed by atoms with van der Waals surface area (Å²) in [7, 11) is -7.53. The lowest BCUT2D eigenvalue weighted by molar-refractivity contribution is -0.121. The van der Waals surface area contributed by atoms with Gasteiger partial charge >= 0.3 is 0 Å². The fourth-order valence-electron chi connectivity index (χ4n) is 4.29. The average Bonchev–Trinajstić information content (AvgIpc) is 3.46. The van der Waals surface area contributed by atoms with E-state index in [1.54, 1.807) is 48.5 Å². The molecule has 3 aromatic rings. The largest absolute Gasteiger partial charge is 0.355 e. The maximum absolute atomic E-state index is 13.5. The molecular weight excluding hydrogens is 661 g/mol. The molecule has 0 saturated carbocycles. The molecule has 0 unspecified atom stereocenters. The van der Waals surface area contributed by atoms with Crippen LogP contribution < -0.4 is 5.32 Å². The minimum atomic E-state index is -4.04. The van der Waals surface area contributed by atoms with E-state index in [0.29, 0.717) is 35.1 Å². The molecule has 8 nitrogen and oxygen atoms in total. The molecule has 1 N–H and O–H groups in total. The summed E-state index contributed by atoms with van der Waals surface area (Å²) >= 11 is 15.6. The topological polar surface area (TPSA) is 104 Å². The quantitative estimate of drug-likeness (QED) is 0.302. The van der Waals surface area contributed by atoms with Crippen LogP contribution in [0.25, 0.3) is 0 Å². The first-order valence-electron chi connectivity index (χ1n) is 12.5. The van der Waals surface area contributed by atoms with Crippen molar-refractivity contribution in [3.63, 3.8) is 0 Å². The van der Waals surface area contributed by atoms with E-state index in [9.17, 15) is 21.6 Å². The molecular formula is C27H28BrCl2N3O5S2. The number of benzene rings is 3. The summed E-state index contributed by atoms with van der Waals surface area (Å²) in [5.41, 5.74) is 1.34. The zero-order chi connectivity index (χ0) is 28.9. The number of nitrogens with zero attached hydrogens (tertiary/aromatic N) is 2. The zero-order valence-corrected chi connectivity index (χ0v) is 26.1. The van der Waals surface area contributed by atoms with E-state index in [2.05, 4.69) is 21.2 Å². The van der Waals surface area contributed by atoms with Crippen LogP contribution in [0.3, 0.4) is 0 Å². The van der Waals surface area contributed by atoms with Crippen LogP contribution in [0.5, 0.6) is 0 Å². The van der Waals surface area contributed by atoms with Crippen LogP contribution in [0.1, 0.15) is 24.0 Å². The third-order valence-electron chi connectivity index (χ3n) is 6.50. The Morgan fingerprint density at radius 1 is 0.900 bits per heavy atom. The molecule has 1 aliphatic rings. The summed E-state index contributed by atoms with van der Waals surface area (Å²) in [6, 6.07) is 17.5. The lowest BCUT2D eigenvalue weighted by Crippen LogP contribution is -2.40. The Kier molecular flexibility index (Phi) is 10.3. The standard InChI is InChI=1S/C27H28BrCl2N3O5S2/c28-22-6-11-25(12-7-22)40(37,38)33(18-21-5-8-23(29)17-26(21)30)19-27(34)31-14-13-20-3-9-24(10-4-20)39(35,36)32-15-1-2-16-32/h3-12,17H,1-2,13-16,18-19H2,(H,31,34). The number of carbonyl (C=O) groups excluding carboxylic acids is 1. The van der Waals surface area contributed by atoms with Gasteiger partial charge in [0.05, 0.1) is 16.3 Å². The van der Waals surface area contributed by atoms with Crippen molar-refractivity contribution < 1.29 is 21.6 Å². The normalized spacial score (nSPS) is 14.5. The van der Waals surface area contributed by atoms with Gasteiger partial charge in [-0.2, -0.15) is 8.61 Å². The third-order valence-corrected chi connectivity index (χ3v) is 11.3. The van der Waals surface area contributed by atoms with Crippen molar-refractivity contribution in [2.75, 3.05) is 26.2 Å². The number of hydrogen-bond donors (Lipinski definition) is 1. The Morgan fingerprint density at radius 2 is 1.52 bits per heavy atom. The molecule has 0 radical (unpaired) electrons. The minimum absolute atomic E-state index is 0.0394. The van der Waals surface area contributed by atoms with E-state index in [1.165, 1.54) is 22.5 Å². The second kappa shape index (κ2) is 13.3. The predicted octanol–water partition coefficient (Wildman–Crippen LogP) is 5.09. The van der Waals surface area contributed by atoms with Crippen LogP contribution >= 0.6 is 39.1 Å². The summed E-state index contributed by atoms with van der Waals surface area (Å²) < 4.78 is 55.7. The maximum Gasteiger partial charge on any atom is 0.243 e. The van der Waals surface area contributed by atoms with Crippen LogP contribution in [0.2, 0.25) is 10.0 Å². The Bertz CT molecular complexity index is 1560. The molecule has 4 rings (SSSR count). The first-order chi connectivity index (χ1) is 19.0. The van der Waals surface area contributed by atoms with Crippen LogP contribution in [-0.2, 0) is 37.8 Å². The fraction of sp³-hybridized carbons (Fsp3) is 0.296. The average molecular weight is 689 g/mol. The smallest absolute Gasteiger partial charge is 0.243 e. The van der Waals surface area contributed by atoms with Gasteiger partial charge in [0, 0.05) is 40.7 Å². The second-order valence-electron chi connectivity index (χ2n) is 9.32. The number of halogens is 3. The second-order valence-corrected chi connectivity index (χ2v) is 15.0. The third kappa shape index (κ3) is 7.64. The highest BCUT2D eigenvalue weighted by Gasteiger charge is 2.28. The Hall–Kier alpha value is -1.99. The number of hydrogen-bond acceptors (Lipinski definition) is 5. The van der Waals surface area contributed by atoms with Crippen molar-refractivity contribution >= 4 is 65.1 Å². The molecule has 13 heteroatoms. The molecule has 40 heavy (non-hydrogen) atoms. The van der Waals surface area contributed by atoms with Gasteiger partial charge < -0.3 is 5.32 Å². The molecule has 1 fully saturated rings. The first kappa shape index (κ1) is 31.0. The van der Waals surface area contributed by atoms with Gasteiger partial charge in [-0.3, -0.25) is 4.79 Å². The highest BCUT2D eigenvalue weighted by molar-refractivity contribution is 9.10. The van der Waals surface area contributed by atoms with E-state index in [4.69, 9.17) is 23.2 Å². The van der Waals surface area contributed by atoms with E-state index in [0.717, 1.165) is 27.2 Å². The summed E-state index contributed by atoms with van der Waals surface area (Å²) in [6.45, 7) is 0.758. The molecule has 1 amide bonds. The highest BCUT2D eigenvalue weighted by Crippen LogP contribution is 2.26. The van der Waals surface area contributed by atoms with E-state index >= 15 is 0 Å². The molecule has 3 aromatic carbocycles. The number of nitrogens with one attached hydrogen (secondary N) is 1. The van der Waals surface area contributed by atoms with Crippen LogP contribution in [0.15, 0.2) is 81.0 Å². The molecule has 0 bridgehead atoms. The lowest BCUT2D eigenvalue weighted by Gasteiger charge is -2.22. The first-order valence-corrected chi connectivity index (χ1v) is 17.0. The van der Waals surface area contributed by atoms with Gasteiger partial charge in [-0.1, -0.05) is 57.3 Å². The number of carbonyl (C=O) groups is 1. The Morgan fingerprint density at radius 3 is 2.15 bits per heavy atom. The van der Waals surface area contributed by atoms with Gasteiger partial charge in [0.1, 0.15) is 0 Å². The van der Waals surface area contributed by atoms with Crippen molar-refractivity contribution in [1.82, 2.24) is 13.9 Å². The molecule has 0 atom stereocenters. The SMILES string of the molecule is O=C(CN(Cc1ccc(Cl)cc1Cl)S(=O)(=O)c1ccc(Br)cc1)NCCc1ccc(S(=O)(=O)N2CCCC2)cc1. The molecule has 1 heterocycles. The lowest BCUT2D eigenvalue weighted by atomic mass is 10.1. The summed E-state index contributed by atoms with van der Waals surface area (Å²) in [4.78, 5) is 13.2. The van der Waals surface area contributed by atoms with Crippen LogP contribution in [0, 0.1) is 0 Å². The highest BCUT2D eigenvalue weighted by atomic mass is 79.9. The number of sulfonamides is 2. The summed E-state index contributed by atoms with van der Waals surface area (Å²) in [5, 5.41) is 3.46. The van der Waals surface area contributed by atoms with Crippen LogP contribution in [-0.4, -0.2) is 57.5 Å². The molecule has 1 aliphatic heterocycles. The zero-order valence-electron chi connectivity index (χ0n) is 21.4. The predicted molar refractivity (Wildman–Crippen MR) is 159 cm³/mol. The molecule has 0 aliphatic carbocycles. The van der Waals surface area contributed by atoms with Gasteiger partial charge in [-0.25, -0.2) is 16.8 Å². The van der Waals surface area contributed by atoms with Crippen molar-refractivity contribution in [3.05, 3.63) is 92.4 Å². The molecule has 0 spiro atoms. The fourth-order valence-corrected chi connectivity index (χ4v) is 7.91. The van der Waals surface area contributed by atoms with E-state index in [1.807, 2.05) is 0 Å². The summed E-state index contributed by atoms with van der Waals surface area (Å²) in [5.74, 6) is -0.487. The van der Waals surface area contributed by atoms with Crippen molar-refractivity contribution in [1.29, 1.82) is 0 Å². The van der Waals surface area contributed by atoms with Gasteiger partial charge in [0.25, 0.3) is 0 Å². The Labute approximate surface area is 253 Å². The van der Waals surface area contributed by atoms with Gasteiger partial charge in [0.15, 0.2) is 0 Å². The molecule has 1 saturated heterocycles. The Balaban J connectivity index is 1.41. The summed E-state index contributed by atoms with van der Waals surface area (Å²) in [6.07, 6.45) is 2.18. The van der Waals surface area contributed by atoms with Gasteiger partial charge in [-0.15, -0.1) is 0 Å². The van der Waals surface area contributed by atoms with E-state index < -0.39 is 32.5 Å². The molecule has 0 aromatic heterocycles. The van der Waals surface area contributed by atoms with Crippen LogP contribution in [0.4, 0.5) is 0 Å². The monoisotopic (exact) mass is 687 g/mol. The van der Waals surface area contributed by atoms with Crippen molar-refractivity contribution in [2.45, 2.75) is 35.6 Å². The molecule has 214 valence electrons. The van der Waals surface area contributed by atoms with Crippen molar-refractivity contribution in [3.8, 4) is 0 Å². The maximum atomic E-state index is 13.5. The van der Waals surface area contributed by atoms with Gasteiger partial charge in [0.2, 0.25) is 26.0 Å². The number of rotatable bonds is 11. The minimum Gasteiger partial charge on any atom is -0.355 e.